The summed E-state index contributed by atoms with van der Waals surface area (Å²) in [5, 5.41) is 0. The van der Waals surface area contributed by atoms with Gasteiger partial charge in [0.1, 0.15) is 5.60 Å². The van der Waals surface area contributed by atoms with Crippen molar-refractivity contribution in [1.82, 2.24) is 0 Å². The van der Waals surface area contributed by atoms with E-state index in [2.05, 4.69) is 235 Å². The number of benzene rings is 4. The molecular weight excluding hydrogens is 1010 g/mol. The number of hydrogen-bond donors (Lipinski definition) is 0. The third kappa shape index (κ3) is 13.6. The van der Waals surface area contributed by atoms with Crippen LogP contribution in [0.4, 0.5) is 0 Å². The van der Waals surface area contributed by atoms with Gasteiger partial charge in [0.2, 0.25) is 0 Å². The molecule has 0 aromatic heterocycles. The highest BCUT2D eigenvalue weighted by Crippen LogP contribution is 2.45. The van der Waals surface area contributed by atoms with Crippen LogP contribution >= 0.6 is 0 Å². The first kappa shape index (κ1) is 64.3. The van der Waals surface area contributed by atoms with Crippen LogP contribution in [-0.2, 0) is 44.7 Å². The quantitative estimate of drug-likeness (QED) is 0.0776. The Morgan fingerprint density at radius 3 is 1.20 bits per heavy atom. The zero-order chi connectivity index (χ0) is 59.1. The minimum atomic E-state index is -1.68. The monoisotopic (exact) mass is 1120 g/mol. The molecule has 4 aromatic carbocycles. The van der Waals surface area contributed by atoms with Gasteiger partial charge in [-0.15, -0.1) is 0 Å². The number of aryl methyl sites for hydroxylation is 5. The first-order valence-electron chi connectivity index (χ1n) is 31.2. The molecule has 10 heteroatoms. The fourth-order valence-corrected chi connectivity index (χ4v) is 16.7. The van der Waals surface area contributed by atoms with Crippen molar-refractivity contribution in [3.63, 3.8) is 0 Å². The SMILES string of the molecule is CCC(CC)(c1ccc(C#CC2(O[Si](C)(C)C)CCCC2)c(C)c1)c1ccc(B2OC(C)(C)C(C)(C)O2)c(C)c1.CCC(CC)(c1ccc(CCC2(O[Si](C)(C)C)CCCC2)c(C)c1)c1ccc(B2OC(C)(C)C(C)(C)O2)c(C)c1. The molecule has 0 amide bonds. The van der Waals surface area contributed by atoms with Crippen molar-refractivity contribution in [1.29, 1.82) is 0 Å². The van der Waals surface area contributed by atoms with Gasteiger partial charge in [0, 0.05) is 16.4 Å². The highest BCUT2D eigenvalue weighted by Gasteiger charge is 2.53. The van der Waals surface area contributed by atoms with Crippen LogP contribution in [0.15, 0.2) is 72.8 Å². The van der Waals surface area contributed by atoms with Crippen molar-refractivity contribution in [3.05, 3.63) is 128 Å². The van der Waals surface area contributed by atoms with E-state index in [1.54, 1.807) is 0 Å². The van der Waals surface area contributed by atoms with Crippen LogP contribution in [0, 0.1) is 39.5 Å². The second-order valence-electron chi connectivity index (χ2n) is 28.8. The Kier molecular flexibility index (Phi) is 19.3. The standard InChI is InChI=1S/C35H55BO3Si.C35H51BO3Si/c2*1-12-35(13-2,30-18-19-31(27(4)25-30)36-37-32(5,6)33(7,8)38-36)29-17-16-28(26(3)24-29)20-23-34(21-14-15-22-34)39-40(9,10)11/h16-19,24-25H,12-15,20-23H2,1-11H3;16-19,24-25H,12-15,21-22H2,1-11H3. The predicted molar refractivity (Wildman–Crippen MR) is 345 cm³/mol. The molecule has 4 aliphatic rings. The molecule has 2 saturated heterocycles. The molecule has 2 aliphatic carbocycles. The van der Waals surface area contributed by atoms with E-state index in [9.17, 15) is 0 Å². The topological polar surface area (TPSA) is 55.4 Å². The second kappa shape index (κ2) is 24.0. The molecule has 2 saturated carbocycles. The summed E-state index contributed by atoms with van der Waals surface area (Å²) >= 11 is 0. The largest absolute Gasteiger partial charge is 0.495 e. The molecule has 0 spiro atoms. The van der Waals surface area contributed by atoms with Crippen molar-refractivity contribution in [2.24, 2.45) is 0 Å². The van der Waals surface area contributed by atoms with E-state index < -0.39 is 16.6 Å². The van der Waals surface area contributed by atoms with Gasteiger partial charge in [0.25, 0.3) is 0 Å². The molecule has 0 bridgehead atoms. The van der Waals surface area contributed by atoms with Gasteiger partial charge in [-0.05, 0) is 255 Å². The molecular formula is C70H106B2O6Si2. The Labute approximate surface area is 491 Å². The average Bonchev–Trinajstić information content (AvgIpc) is 4.19. The Balaban J connectivity index is 0.000000231. The number of hydrogen-bond acceptors (Lipinski definition) is 6. The summed E-state index contributed by atoms with van der Waals surface area (Å²) in [6, 6.07) is 28.0. The van der Waals surface area contributed by atoms with E-state index in [0.29, 0.717) is 0 Å². The Morgan fingerprint density at radius 1 is 0.475 bits per heavy atom. The fourth-order valence-electron chi connectivity index (χ4n) is 13.7. The lowest BCUT2D eigenvalue weighted by molar-refractivity contribution is 0.00578. The highest BCUT2D eigenvalue weighted by molar-refractivity contribution is 6.70. The lowest BCUT2D eigenvalue weighted by atomic mass is 9.67. The normalized spacial score (nSPS) is 20.1. The van der Waals surface area contributed by atoms with E-state index in [1.165, 1.54) is 88.6 Å². The molecule has 2 heterocycles. The smallest absolute Gasteiger partial charge is 0.412 e. The molecule has 0 radical (unpaired) electrons. The van der Waals surface area contributed by atoms with Gasteiger partial charge in [-0.3, -0.25) is 0 Å². The zero-order valence-corrected chi connectivity index (χ0v) is 56.4. The van der Waals surface area contributed by atoms with Gasteiger partial charge in [-0.1, -0.05) is 130 Å². The molecule has 80 heavy (non-hydrogen) atoms. The molecule has 2 aliphatic heterocycles. The maximum atomic E-state index is 6.82. The van der Waals surface area contributed by atoms with Crippen LogP contribution < -0.4 is 10.9 Å². The lowest BCUT2D eigenvalue weighted by Crippen LogP contribution is -2.41. The minimum Gasteiger partial charge on any atom is -0.412 e. The summed E-state index contributed by atoms with van der Waals surface area (Å²) in [6.07, 6.45) is 16.0. The summed E-state index contributed by atoms with van der Waals surface area (Å²) in [6.45, 7) is 48.9. The van der Waals surface area contributed by atoms with Gasteiger partial charge in [0.15, 0.2) is 16.6 Å². The Bertz CT molecular complexity index is 2830. The number of rotatable bonds is 17. The molecule has 8 rings (SSSR count). The maximum absolute atomic E-state index is 6.82. The van der Waals surface area contributed by atoms with Gasteiger partial charge >= 0.3 is 14.2 Å². The van der Waals surface area contributed by atoms with Crippen molar-refractivity contribution in [2.75, 3.05) is 0 Å². The second-order valence-corrected chi connectivity index (χ2v) is 37.7. The minimum absolute atomic E-state index is 0.0177. The third-order valence-electron chi connectivity index (χ3n) is 20.0. The van der Waals surface area contributed by atoms with E-state index in [-0.39, 0.29) is 58.7 Å². The van der Waals surface area contributed by atoms with Crippen LogP contribution in [0.25, 0.3) is 0 Å². The van der Waals surface area contributed by atoms with Crippen LogP contribution in [0.2, 0.25) is 39.3 Å². The molecule has 0 unspecified atom stereocenters. The van der Waals surface area contributed by atoms with Gasteiger partial charge in [-0.2, -0.15) is 0 Å². The van der Waals surface area contributed by atoms with E-state index in [0.717, 1.165) is 67.9 Å². The van der Waals surface area contributed by atoms with Crippen LogP contribution in [0.5, 0.6) is 0 Å². The summed E-state index contributed by atoms with van der Waals surface area (Å²) < 4.78 is 39.0. The van der Waals surface area contributed by atoms with Gasteiger partial charge < -0.3 is 27.5 Å². The third-order valence-corrected chi connectivity index (χ3v) is 22.0. The first-order chi connectivity index (χ1) is 37.1. The van der Waals surface area contributed by atoms with Crippen molar-refractivity contribution in [3.8, 4) is 11.8 Å². The predicted octanol–water partition coefficient (Wildman–Crippen LogP) is 17.0. The molecule has 6 nitrogen and oxygen atoms in total. The van der Waals surface area contributed by atoms with E-state index in [1.807, 2.05) is 0 Å². The van der Waals surface area contributed by atoms with Crippen molar-refractivity contribution < 1.29 is 27.5 Å². The summed E-state index contributed by atoms with van der Waals surface area (Å²) in [5.74, 6) is 7.17. The molecule has 436 valence electrons. The first-order valence-corrected chi connectivity index (χ1v) is 38.0. The molecule has 4 aromatic rings. The van der Waals surface area contributed by atoms with Crippen LogP contribution in [-0.4, -0.2) is 64.5 Å². The zero-order valence-electron chi connectivity index (χ0n) is 54.4. The summed E-state index contributed by atoms with van der Waals surface area (Å²) in [5.41, 5.74) is 13.8. The maximum Gasteiger partial charge on any atom is 0.495 e. The Morgan fingerprint density at radius 2 is 0.838 bits per heavy atom. The van der Waals surface area contributed by atoms with Crippen LogP contribution in [0.1, 0.15) is 222 Å². The summed E-state index contributed by atoms with van der Waals surface area (Å²) in [4.78, 5) is 0. The molecule has 0 atom stereocenters. The van der Waals surface area contributed by atoms with Gasteiger partial charge in [0.05, 0.1) is 28.0 Å². The fraction of sp³-hybridized carbons (Fsp3) is 0.629. The Hall–Kier alpha value is -3.24. The van der Waals surface area contributed by atoms with Crippen molar-refractivity contribution in [2.45, 2.75) is 284 Å². The van der Waals surface area contributed by atoms with E-state index in [4.69, 9.17) is 27.5 Å². The van der Waals surface area contributed by atoms with Crippen LogP contribution in [0.3, 0.4) is 0 Å². The van der Waals surface area contributed by atoms with Crippen molar-refractivity contribution >= 4 is 41.8 Å². The van der Waals surface area contributed by atoms with Gasteiger partial charge in [-0.25, -0.2) is 0 Å². The highest BCUT2D eigenvalue weighted by atomic mass is 28.4. The molecule has 0 N–H and O–H groups in total. The van der Waals surface area contributed by atoms with E-state index >= 15 is 0 Å². The molecule has 4 fully saturated rings. The average molecular weight is 1120 g/mol. The lowest BCUT2D eigenvalue weighted by Gasteiger charge is -2.37. The summed E-state index contributed by atoms with van der Waals surface area (Å²) in [7, 11) is -3.92.